The molecule has 0 saturated heterocycles. The van der Waals surface area contributed by atoms with Crippen molar-refractivity contribution in [3.63, 3.8) is 0 Å². The van der Waals surface area contributed by atoms with Crippen LogP contribution in [0.1, 0.15) is 0 Å². The highest BCUT2D eigenvalue weighted by Crippen LogP contribution is 2.27. The molecule has 0 atom stereocenters. The molecule has 0 radical (unpaired) electrons. The van der Waals surface area contributed by atoms with Gasteiger partial charge in [-0.3, -0.25) is 0 Å². The molecule has 0 saturated carbocycles. The van der Waals surface area contributed by atoms with Crippen molar-refractivity contribution in [3.05, 3.63) is 48.7 Å². The lowest BCUT2D eigenvalue weighted by atomic mass is 10.2. The first-order chi connectivity index (χ1) is 8.79. The van der Waals surface area contributed by atoms with Crippen molar-refractivity contribution in [2.45, 2.75) is 0 Å². The zero-order chi connectivity index (χ0) is 12.5. The topological polar surface area (TPSA) is 53.1 Å². The standard InChI is InChI=1S/C14H13N3O/c1-18-13-4-2-3-10-9-16-17(14(10)13)12-7-5-11(15)6-8-12/h2-9H,15H2,1H3. The third-order valence-electron chi connectivity index (χ3n) is 2.91. The predicted molar refractivity (Wildman–Crippen MR) is 72.0 cm³/mol. The van der Waals surface area contributed by atoms with Gasteiger partial charge in [0.25, 0.3) is 0 Å². The molecule has 0 aliphatic carbocycles. The minimum atomic E-state index is 0.738. The summed E-state index contributed by atoms with van der Waals surface area (Å²) in [5.41, 5.74) is 8.36. The first-order valence-corrected chi connectivity index (χ1v) is 5.66. The molecular formula is C14H13N3O. The van der Waals surface area contributed by atoms with Crippen LogP contribution >= 0.6 is 0 Å². The number of ether oxygens (including phenoxy) is 1. The van der Waals surface area contributed by atoms with Gasteiger partial charge in [-0.1, -0.05) is 12.1 Å². The lowest BCUT2D eigenvalue weighted by molar-refractivity contribution is 0.418. The number of fused-ring (bicyclic) bond motifs is 1. The van der Waals surface area contributed by atoms with Crippen LogP contribution in [0.25, 0.3) is 16.6 Å². The van der Waals surface area contributed by atoms with E-state index in [4.69, 9.17) is 10.5 Å². The van der Waals surface area contributed by atoms with Crippen LogP contribution in [0.2, 0.25) is 0 Å². The van der Waals surface area contributed by atoms with E-state index >= 15 is 0 Å². The number of anilines is 1. The van der Waals surface area contributed by atoms with Crippen LogP contribution in [0.4, 0.5) is 5.69 Å². The summed E-state index contributed by atoms with van der Waals surface area (Å²) in [6.45, 7) is 0. The first-order valence-electron chi connectivity index (χ1n) is 5.66. The molecule has 0 aliphatic rings. The molecular weight excluding hydrogens is 226 g/mol. The van der Waals surface area contributed by atoms with E-state index < -0.39 is 0 Å². The normalized spacial score (nSPS) is 10.7. The molecule has 2 N–H and O–H groups in total. The fourth-order valence-electron chi connectivity index (χ4n) is 2.02. The lowest BCUT2D eigenvalue weighted by Crippen LogP contribution is -1.98. The third-order valence-corrected chi connectivity index (χ3v) is 2.91. The van der Waals surface area contributed by atoms with E-state index in [-0.39, 0.29) is 0 Å². The van der Waals surface area contributed by atoms with Gasteiger partial charge in [-0.15, -0.1) is 0 Å². The second kappa shape index (κ2) is 4.07. The first kappa shape index (κ1) is 10.7. The fourth-order valence-corrected chi connectivity index (χ4v) is 2.02. The van der Waals surface area contributed by atoms with Crippen LogP contribution in [0.15, 0.2) is 48.7 Å². The number of nitrogen functional groups attached to an aromatic ring is 1. The van der Waals surface area contributed by atoms with E-state index in [1.54, 1.807) is 7.11 Å². The molecule has 0 unspecified atom stereocenters. The van der Waals surface area contributed by atoms with Crippen LogP contribution in [0, 0.1) is 0 Å². The lowest BCUT2D eigenvalue weighted by Gasteiger charge is -2.07. The maximum atomic E-state index is 5.69. The maximum Gasteiger partial charge on any atom is 0.145 e. The number of rotatable bonds is 2. The molecule has 18 heavy (non-hydrogen) atoms. The Morgan fingerprint density at radius 3 is 2.61 bits per heavy atom. The molecule has 4 nitrogen and oxygen atoms in total. The Labute approximate surface area is 105 Å². The van der Waals surface area contributed by atoms with E-state index in [1.807, 2.05) is 53.3 Å². The summed E-state index contributed by atoms with van der Waals surface area (Å²) in [6.07, 6.45) is 1.83. The van der Waals surface area contributed by atoms with Crippen molar-refractivity contribution >= 4 is 16.6 Å². The van der Waals surface area contributed by atoms with Crippen molar-refractivity contribution in [1.29, 1.82) is 0 Å². The molecule has 4 heteroatoms. The SMILES string of the molecule is COc1cccc2cnn(-c3ccc(N)cc3)c12. The van der Waals surface area contributed by atoms with E-state index in [9.17, 15) is 0 Å². The Hall–Kier alpha value is -2.49. The third kappa shape index (κ3) is 1.59. The van der Waals surface area contributed by atoms with Gasteiger partial charge in [0.15, 0.2) is 0 Å². The van der Waals surface area contributed by atoms with E-state index in [0.717, 1.165) is 28.0 Å². The smallest absolute Gasteiger partial charge is 0.145 e. The molecule has 0 bridgehead atoms. The Balaban J connectivity index is 2.26. The van der Waals surface area contributed by atoms with Crippen LogP contribution in [0.5, 0.6) is 5.75 Å². The van der Waals surface area contributed by atoms with Crippen LogP contribution in [0.3, 0.4) is 0 Å². The summed E-state index contributed by atoms with van der Waals surface area (Å²) in [7, 11) is 1.66. The summed E-state index contributed by atoms with van der Waals surface area (Å²) < 4.78 is 7.24. The van der Waals surface area contributed by atoms with Gasteiger partial charge in [0.05, 0.1) is 19.0 Å². The van der Waals surface area contributed by atoms with E-state index in [0.29, 0.717) is 0 Å². The highest BCUT2D eigenvalue weighted by molar-refractivity contribution is 5.86. The van der Waals surface area contributed by atoms with Crippen LogP contribution in [-0.4, -0.2) is 16.9 Å². The summed E-state index contributed by atoms with van der Waals surface area (Å²) >= 11 is 0. The highest BCUT2D eigenvalue weighted by Gasteiger charge is 2.09. The van der Waals surface area contributed by atoms with Gasteiger partial charge in [-0.2, -0.15) is 5.10 Å². The molecule has 0 fully saturated rings. The van der Waals surface area contributed by atoms with E-state index in [2.05, 4.69) is 5.10 Å². The summed E-state index contributed by atoms with van der Waals surface area (Å²) in [5, 5.41) is 5.45. The molecule has 3 rings (SSSR count). The molecule has 2 aromatic carbocycles. The second-order valence-electron chi connectivity index (χ2n) is 4.05. The fraction of sp³-hybridized carbons (Fsp3) is 0.0714. The molecule has 0 spiro atoms. The average Bonchev–Trinajstić information content (AvgIpc) is 2.83. The molecule has 0 aliphatic heterocycles. The number of aromatic nitrogens is 2. The van der Waals surface area contributed by atoms with Gasteiger partial charge in [0.2, 0.25) is 0 Å². The predicted octanol–water partition coefficient (Wildman–Crippen LogP) is 2.62. The molecule has 3 aromatic rings. The van der Waals surface area contributed by atoms with E-state index in [1.165, 1.54) is 0 Å². The minimum absolute atomic E-state index is 0.738. The van der Waals surface area contributed by atoms with Crippen molar-refractivity contribution in [1.82, 2.24) is 9.78 Å². The van der Waals surface area contributed by atoms with Crippen molar-refractivity contribution in [3.8, 4) is 11.4 Å². The van der Waals surface area contributed by atoms with Gasteiger partial charge in [-0.25, -0.2) is 4.68 Å². The average molecular weight is 239 g/mol. The number of hydrogen-bond acceptors (Lipinski definition) is 3. The Morgan fingerprint density at radius 1 is 1.11 bits per heavy atom. The second-order valence-corrected chi connectivity index (χ2v) is 4.05. The summed E-state index contributed by atoms with van der Waals surface area (Å²) in [6, 6.07) is 13.5. The quantitative estimate of drug-likeness (QED) is 0.699. The van der Waals surface area contributed by atoms with Gasteiger partial charge in [-0.05, 0) is 30.3 Å². The van der Waals surface area contributed by atoms with Crippen molar-refractivity contribution < 1.29 is 4.74 Å². The van der Waals surface area contributed by atoms with Crippen LogP contribution in [-0.2, 0) is 0 Å². The zero-order valence-corrected chi connectivity index (χ0v) is 10.00. The van der Waals surface area contributed by atoms with Gasteiger partial charge in [0.1, 0.15) is 11.3 Å². The monoisotopic (exact) mass is 239 g/mol. The maximum absolute atomic E-state index is 5.69. The number of nitrogens with two attached hydrogens (primary N) is 1. The molecule has 1 heterocycles. The number of hydrogen-bond donors (Lipinski definition) is 1. The number of nitrogens with zero attached hydrogens (tertiary/aromatic N) is 2. The Bertz CT molecular complexity index is 686. The Kier molecular flexibility index (Phi) is 2.41. The largest absolute Gasteiger partial charge is 0.494 e. The van der Waals surface area contributed by atoms with Gasteiger partial charge < -0.3 is 10.5 Å². The molecule has 90 valence electrons. The summed E-state index contributed by atoms with van der Waals surface area (Å²) in [5.74, 6) is 0.807. The highest BCUT2D eigenvalue weighted by atomic mass is 16.5. The van der Waals surface area contributed by atoms with Gasteiger partial charge >= 0.3 is 0 Å². The Morgan fingerprint density at radius 2 is 1.89 bits per heavy atom. The minimum Gasteiger partial charge on any atom is -0.494 e. The number of methoxy groups -OCH3 is 1. The molecule has 0 amide bonds. The molecule has 1 aromatic heterocycles. The number of para-hydroxylation sites is 1. The zero-order valence-electron chi connectivity index (χ0n) is 10.00. The summed E-state index contributed by atoms with van der Waals surface area (Å²) in [4.78, 5) is 0. The van der Waals surface area contributed by atoms with Gasteiger partial charge in [0, 0.05) is 11.1 Å². The van der Waals surface area contributed by atoms with Crippen LogP contribution < -0.4 is 10.5 Å². The van der Waals surface area contributed by atoms with Crippen molar-refractivity contribution in [2.24, 2.45) is 0 Å². The van der Waals surface area contributed by atoms with Crippen molar-refractivity contribution in [2.75, 3.05) is 12.8 Å². The number of benzene rings is 2.